The van der Waals surface area contributed by atoms with E-state index < -0.39 is 5.92 Å². The predicted octanol–water partition coefficient (Wildman–Crippen LogP) is 2.75. The van der Waals surface area contributed by atoms with Gasteiger partial charge in [-0.25, -0.2) is 9.97 Å². The minimum absolute atomic E-state index is 0.254. The molecule has 98 valence electrons. The zero-order chi connectivity index (χ0) is 13.9. The van der Waals surface area contributed by atoms with Crippen molar-refractivity contribution in [3.63, 3.8) is 0 Å². The number of methoxy groups -OCH3 is 1. The molecular weight excluding hydrogens is 272 g/mol. The number of nitrogens with zero attached hydrogens (tertiary/aromatic N) is 4. The van der Waals surface area contributed by atoms with Gasteiger partial charge in [0.2, 0.25) is 0 Å². The molecule has 0 aliphatic heterocycles. The van der Waals surface area contributed by atoms with Crippen LogP contribution in [0.25, 0.3) is 10.2 Å². The second-order valence-electron chi connectivity index (χ2n) is 4.05. The molecule has 6 heteroatoms. The summed E-state index contributed by atoms with van der Waals surface area (Å²) in [5, 5.41) is 10.2. The van der Waals surface area contributed by atoms with Gasteiger partial charge >= 0.3 is 6.01 Å². The monoisotopic (exact) mass is 282 g/mol. The Balaban J connectivity index is 2.06. The first-order valence-corrected chi connectivity index (χ1v) is 6.75. The summed E-state index contributed by atoms with van der Waals surface area (Å²) in [7, 11) is 1.50. The number of ether oxygens (including phenoxy) is 1. The molecule has 3 aromatic rings. The van der Waals surface area contributed by atoms with Gasteiger partial charge in [-0.15, -0.1) is 11.3 Å². The Bertz CT molecular complexity index is 760. The number of benzene rings is 1. The SMILES string of the molecule is COc1nccc(C(C#N)c2nc3ccccc3s2)n1. The Hall–Kier alpha value is -2.52. The minimum Gasteiger partial charge on any atom is -0.467 e. The first-order chi connectivity index (χ1) is 9.81. The van der Waals surface area contributed by atoms with Gasteiger partial charge in [0.05, 0.1) is 29.1 Å². The normalized spacial score (nSPS) is 12.0. The van der Waals surface area contributed by atoms with Gasteiger partial charge in [0.15, 0.2) is 0 Å². The number of hydrogen-bond donors (Lipinski definition) is 0. The Morgan fingerprint density at radius 3 is 2.85 bits per heavy atom. The molecular formula is C14H10N4OS. The number of rotatable bonds is 3. The van der Waals surface area contributed by atoms with Gasteiger partial charge < -0.3 is 4.74 Å². The summed E-state index contributed by atoms with van der Waals surface area (Å²) in [5.41, 5.74) is 1.49. The molecule has 1 unspecified atom stereocenters. The molecule has 2 heterocycles. The molecule has 0 saturated carbocycles. The Morgan fingerprint density at radius 2 is 2.10 bits per heavy atom. The third kappa shape index (κ3) is 2.19. The molecule has 0 N–H and O–H groups in total. The van der Waals surface area contributed by atoms with Gasteiger partial charge in [-0.2, -0.15) is 10.2 Å². The molecule has 0 aliphatic rings. The van der Waals surface area contributed by atoms with Gasteiger partial charge in [-0.3, -0.25) is 0 Å². The number of nitriles is 1. The van der Waals surface area contributed by atoms with Crippen LogP contribution in [0, 0.1) is 11.3 Å². The van der Waals surface area contributed by atoms with Crippen molar-refractivity contribution >= 4 is 21.6 Å². The number of hydrogen-bond acceptors (Lipinski definition) is 6. The summed E-state index contributed by atoms with van der Waals surface area (Å²) in [5.74, 6) is -0.510. The standard InChI is InChI=1S/C14H10N4OS/c1-19-14-16-7-6-10(18-14)9(8-15)13-17-11-4-2-3-5-12(11)20-13/h2-7,9H,1H3. The quantitative estimate of drug-likeness (QED) is 0.738. The van der Waals surface area contributed by atoms with Crippen molar-refractivity contribution in [1.82, 2.24) is 15.0 Å². The van der Waals surface area contributed by atoms with Crippen LogP contribution >= 0.6 is 11.3 Å². The third-order valence-corrected chi connectivity index (χ3v) is 3.92. The van der Waals surface area contributed by atoms with Gasteiger partial charge in [-0.1, -0.05) is 12.1 Å². The molecule has 1 atom stereocenters. The molecule has 0 saturated heterocycles. The molecule has 20 heavy (non-hydrogen) atoms. The maximum Gasteiger partial charge on any atom is 0.316 e. The summed E-state index contributed by atoms with van der Waals surface area (Å²) < 4.78 is 6.05. The highest BCUT2D eigenvalue weighted by Crippen LogP contribution is 2.30. The van der Waals surface area contributed by atoms with E-state index in [0.717, 1.165) is 15.2 Å². The van der Waals surface area contributed by atoms with Crippen molar-refractivity contribution in [3.05, 3.63) is 47.2 Å². The lowest BCUT2D eigenvalue weighted by Gasteiger charge is -2.05. The van der Waals surface area contributed by atoms with Crippen LogP contribution in [0.5, 0.6) is 6.01 Å². The van der Waals surface area contributed by atoms with E-state index in [1.54, 1.807) is 12.3 Å². The highest BCUT2D eigenvalue weighted by Gasteiger charge is 2.20. The molecule has 0 amide bonds. The lowest BCUT2D eigenvalue weighted by molar-refractivity contribution is 0.378. The predicted molar refractivity (Wildman–Crippen MR) is 75.7 cm³/mol. The van der Waals surface area contributed by atoms with Crippen LogP contribution in [0.3, 0.4) is 0 Å². The smallest absolute Gasteiger partial charge is 0.316 e. The highest BCUT2D eigenvalue weighted by atomic mass is 32.1. The molecule has 2 aromatic heterocycles. The van der Waals surface area contributed by atoms with Crippen LogP contribution in [0.2, 0.25) is 0 Å². The summed E-state index contributed by atoms with van der Waals surface area (Å²) in [4.78, 5) is 12.7. The molecule has 0 radical (unpaired) electrons. The van der Waals surface area contributed by atoms with Crippen LogP contribution in [-0.2, 0) is 0 Å². The average molecular weight is 282 g/mol. The second kappa shape index (κ2) is 5.23. The van der Waals surface area contributed by atoms with E-state index >= 15 is 0 Å². The molecule has 1 aromatic carbocycles. The highest BCUT2D eigenvalue weighted by molar-refractivity contribution is 7.18. The molecule has 0 aliphatic carbocycles. The first-order valence-electron chi connectivity index (χ1n) is 5.94. The first kappa shape index (κ1) is 12.5. The summed E-state index contributed by atoms with van der Waals surface area (Å²) in [6.07, 6.45) is 1.58. The molecule has 0 bridgehead atoms. The van der Waals surface area contributed by atoms with E-state index in [-0.39, 0.29) is 6.01 Å². The van der Waals surface area contributed by atoms with Crippen molar-refractivity contribution in [1.29, 1.82) is 5.26 Å². The Labute approximate surface area is 119 Å². The van der Waals surface area contributed by atoms with Crippen molar-refractivity contribution < 1.29 is 4.74 Å². The van der Waals surface area contributed by atoms with Crippen molar-refractivity contribution in [2.24, 2.45) is 0 Å². The largest absolute Gasteiger partial charge is 0.467 e. The van der Waals surface area contributed by atoms with E-state index in [1.807, 2.05) is 24.3 Å². The van der Waals surface area contributed by atoms with Crippen LogP contribution in [0.4, 0.5) is 0 Å². The molecule has 0 fully saturated rings. The number of para-hydroxylation sites is 1. The molecule has 5 nitrogen and oxygen atoms in total. The van der Waals surface area contributed by atoms with Crippen LogP contribution in [0.1, 0.15) is 16.6 Å². The van der Waals surface area contributed by atoms with Crippen molar-refractivity contribution in [2.45, 2.75) is 5.92 Å². The Kier molecular flexibility index (Phi) is 3.27. The fraction of sp³-hybridized carbons (Fsp3) is 0.143. The van der Waals surface area contributed by atoms with Gasteiger partial charge in [-0.05, 0) is 18.2 Å². The summed E-state index contributed by atoms with van der Waals surface area (Å²) >= 11 is 1.50. The summed E-state index contributed by atoms with van der Waals surface area (Å²) in [6.45, 7) is 0. The lowest BCUT2D eigenvalue weighted by Crippen LogP contribution is -2.03. The lowest BCUT2D eigenvalue weighted by atomic mass is 10.1. The third-order valence-electron chi connectivity index (χ3n) is 2.82. The number of aromatic nitrogens is 3. The van der Waals surface area contributed by atoms with Crippen LogP contribution in [-0.4, -0.2) is 22.1 Å². The minimum atomic E-state index is -0.510. The Morgan fingerprint density at radius 1 is 1.25 bits per heavy atom. The molecule has 0 spiro atoms. The molecule has 3 rings (SSSR count). The second-order valence-corrected chi connectivity index (χ2v) is 5.11. The van der Waals surface area contributed by atoms with E-state index in [9.17, 15) is 5.26 Å². The van der Waals surface area contributed by atoms with Gasteiger partial charge in [0.1, 0.15) is 10.9 Å². The topological polar surface area (TPSA) is 71.7 Å². The number of fused-ring (bicyclic) bond motifs is 1. The van der Waals surface area contributed by atoms with Crippen LogP contribution in [0.15, 0.2) is 36.5 Å². The van der Waals surface area contributed by atoms with Crippen molar-refractivity contribution in [3.8, 4) is 12.1 Å². The van der Waals surface area contributed by atoms with Gasteiger partial charge in [0, 0.05) is 6.20 Å². The fourth-order valence-corrected chi connectivity index (χ4v) is 2.90. The zero-order valence-corrected chi connectivity index (χ0v) is 11.5. The van der Waals surface area contributed by atoms with Gasteiger partial charge in [0.25, 0.3) is 0 Å². The summed E-state index contributed by atoms with van der Waals surface area (Å²) in [6, 6.07) is 12.0. The zero-order valence-electron chi connectivity index (χ0n) is 10.6. The van der Waals surface area contributed by atoms with E-state index in [2.05, 4.69) is 21.0 Å². The number of thiazole rings is 1. The maximum absolute atomic E-state index is 9.44. The average Bonchev–Trinajstić information content (AvgIpc) is 2.91. The fourth-order valence-electron chi connectivity index (χ4n) is 1.87. The van der Waals surface area contributed by atoms with Crippen LogP contribution < -0.4 is 4.74 Å². The maximum atomic E-state index is 9.44. The van der Waals surface area contributed by atoms with E-state index in [4.69, 9.17) is 4.74 Å². The van der Waals surface area contributed by atoms with E-state index in [1.165, 1.54) is 18.4 Å². The van der Waals surface area contributed by atoms with E-state index in [0.29, 0.717) is 5.69 Å². The van der Waals surface area contributed by atoms with Crippen molar-refractivity contribution in [2.75, 3.05) is 7.11 Å².